The Labute approximate surface area is 153 Å². The average Bonchev–Trinajstić information content (AvgIpc) is 2.67. The Morgan fingerprint density at radius 1 is 0.808 bits per heavy atom. The van der Waals surface area contributed by atoms with Gasteiger partial charge >= 0.3 is 0 Å². The molecule has 0 fully saturated rings. The zero-order valence-corrected chi connectivity index (χ0v) is 14.8. The summed E-state index contributed by atoms with van der Waals surface area (Å²) in [5.41, 5.74) is 3.52. The van der Waals surface area contributed by atoms with Crippen LogP contribution >= 0.6 is 0 Å². The molecule has 0 unspecified atom stereocenters. The van der Waals surface area contributed by atoms with Crippen LogP contribution in [0.15, 0.2) is 78.9 Å². The molecule has 0 aliphatic heterocycles. The first-order chi connectivity index (χ1) is 12.5. The van der Waals surface area contributed by atoms with Gasteiger partial charge in [-0.3, -0.25) is 9.59 Å². The molecule has 0 saturated carbocycles. The lowest BCUT2D eigenvalue weighted by atomic mass is 10.1. The van der Waals surface area contributed by atoms with E-state index in [4.69, 9.17) is 0 Å². The maximum Gasteiger partial charge on any atom is 0.258 e. The topological polar surface area (TPSA) is 49.4 Å². The highest BCUT2D eigenvalue weighted by Gasteiger charge is 2.14. The highest BCUT2D eigenvalue weighted by Crippen LogP contribution is 2.18. The number of aryl methyl sites for hydroxylation is 1. The third-order valence-electron chi connectivity index (χ3n) is 4.10. The number of nitrogens with one attached hydrogen (secondary N) is 1. The first kappa shape index (κ1) is 17.4. The molecular weight excluding hydrogens is 324 g/mol. The number of carbonyl (C=O) groups is 2. The van der Waals surface area contributed by atoms with Crippen molar-refractivity contribution in [3.63, 3.8) is 0 Å². The van der Waals surface area contributed by atoms with Gasteiger partial charge in [-0.2, -0.15) is 0 Å². The van der Waals surface area contributed by atoms with Crippen molar-refractivity contribution < 1.29 is 9.59 Å². The minimum Gasteiger partial charge on any atom is -0.322 e. The number of amides is 2. The highest BCUT2D eigenvalue weighted by molar-refractivity contribution is 6.08. The largest absolute Gasteiger partial charge is 0.322 e. The second-order valence-corrected chi connectivity index (χ2v) is 6.10. The smallest absolute Gasteiger partial charge is 0.258 e. The molecular formula is C22H20N2O2. The Morgan fingerprint density at radius 2 is 1.50 bits per heavy atom. The van der Waals surface area contributed by atoms with Crippen molar-refractivity contribution in [2.24, 2.45) is 0 Å². The highest BCUT2D eigenvalue weighted by atomic mass is 16.2. The molecule has 0 spiro atoms. The Morgan fingerprint density at radius 3 is 2.23 bits per heavy atom. The third kappa shape index (κ3) is 3.98. The number of rotatable bonds is 4. The monoisotopic (exact) mass is 344 g/mol. The van der Waals surface area contributed by atoms with Gasteiger partial charge in [-0.15, -0.1) is 0 Å². The van der Waals surface area contributed by atoms with Gasteiger partial charge in [0.25, 0.3) is 11.8 Å². The first-order valence-corrected chi connectivity index (χ1v) is 8.36. The molecule has 0 aromatic heterocycles. The van der Waals surface area contributed by atoms with Gasteiger partial charge in [-0.25, -0.2) is 0 Å². The molecule has 3 aromatic carbocycles. The first-order valence-electron chi connectivity index (χ1n) is 8.36. The maximum absolute atomic E-state index is 12.7. The van der Waals surface area contributed by atoms with Gasteiger partial charge in [0.15, 0.2) is 0 Å². The molecule has 130 valence electrons. The molecule has 26 heavy (non-hydrogen) atoms. The summed E-state index contributed by atoms with van der Waals surface area (Å²) in [7, 11) is 1.73. The number of carbonyl (C=O) groups excluding carboxylic acids is 2. The average molecular weight is 344 g/mol. The van der Waals surface area contributed by atoms with Gasteiger partial charge in [0.1, 0.15) is 0 Å². The van der Waals surface area contributed by atoms with E-state index >= 15 is 0 Å². The molecule has 0 aliphatic rings. The fourth-order valence-corrected chi connectivity index (χ4v) is 2.68. The molecule has 4 heteroatoms. The van der Waals surface area contributed by atoms with Crippen molar-refractivity contribution >= 4 is 23.2 Å². The van der Waals surface area contributed by atoms with E-state index in [-0.39, 0.29) is 11.8 Å². The second-order valence-electron chi connectivity index (χ2n) is 6.10. The van der Waals surface area contributed by atoms with Crippen LogP contribution in [0.2, 0.25) is 0 Å². The summed E-state index contributed by atoms with van der Waals surface area (Å²) in [4.78, 5) is 26.7. The minimum absolute atomic E-state index is 0.136. The molecule has 1 N–H and O–H groups in total. The quantitative estimate of drug-likeness (QED) is 0.756. The van der Waals surface area contributed by atoms with E-state index in [1.807, 2.05) is 55.5 Å². The van der Waals surface area contributed by atoms with E-state index in [9.17, 15) is 9.59 Å². The molecule has 2 amide bonds. The SMILES string of the molecule is Cc1cccc(C(=O)Nc2cccc(C(=O)N(C)c3ccccc3)c2)c1. The minimum atomic E-state index is -0.199. The summed E-state index contributed by atoms with van der Waals surface area (Å²) in [5, 5.41) is 2.85. The molecule has 3 rings (SSSR count). The molecule has 0 radical (unpaired) electrons. The summed E-state index contributed by atoms with van der Waals surface area (Å²) in [5.74, 6) is -0.336. The standard InChI is InChI=1S/C22H20N2O2/c1-16-8-6-9-17(14-16)21(25)23-19-11-7-10-18(15-19)22(26)24(2)20-12-4-3-5-13-20/h3-15H,1-2H3,(H,23,25). The lowest BCUT2D eigenvalue weighted by molar-refractivity contribution is 0.0990. The van der Waals surface area contributed by atoms with Crippen molar-refractivity contribution in [3.05, 3.63) is 95.6 Å². The molecule has 0 bridgehead atoms. The molecule has 0 heterocycles. The van der Waals surface area contributed by atoms with Crippen LogP contribution < -0.4 is 10.2 Å². The van der Waals surface area contributed by atoms with Gasteiger partial charge < -0.3 is 10.2 Å². The van der Waals surface area contributed by atoms with Gasteiger partial charge in [0.2, 0.25) is 0 Å². The third-order valence-corrected chi connectivity index (χ3v) is 4.10. The molecule has 3 aromatic rings. The van der Waals surface area contributed by atoms with E-state index in [0.717, 1.165) is 11.3 Å². The Kier molecular flexibility index (Phi) is 5.13. The summed E-state index contributed by atoms with van der Waals surface area (Å²) in [6, 6.07) is 23.8. The maximum atomic E-state index is 12.7. The van der Waals surface area contributed by atoms with Gasteiger partial charge in [-0.1, -0.05) is 42.0 Å². The fraction of sp³-hybridized carbons (Fsp3) is 0.0909. The number of nitrogens with zero attached hydrogens (tertiary/aromatic N) is 1. The number of para-hydroxylation sites is 1. The normalized spacial score (nSPS) is 10.2. The Bertz CT molecular complexity index is 936. The zero-order chi connectivity index (χ0) is 18.5. The van der Waals surface area contributed by atoms with E-state index in [0.29, 0.717) is 16.8 Å². The predicted molar refractivity (Wildman–Crippen MR) is 105 cm³/mol. The lowest BCUT2D eigenvalue weighted by Gasteiger charge is -2.17. The van der Waals surface area contributed by atoms with Gasteiger partial charge in [0.05, 0.1) is 0 Å². The molecule has 4 nitrogen and oxygen atoms in total. The molecule has 0 aliphatic carbocycles. The number of anilines is 2. The predicted octanol–water partition coefficient (Wildman–Crippen LogP) is 4.52. The summed E-state index contributed by atoms with van der Waals surface area (Å²) in [6.45, 7) is 1.94. The molecule has 0 atom stereocenters. The Balaban J connectivity index is 1.78. The van der Waals surface area contributed by atoms with Crippen molar-refractivity contribution in [1.29, 1.82) is 0 Å². The van der Waals surface area contributed by atoms with Crippen LogP contribution in [0.3, 0.4) is 0 Å². The zero-order valence-electron chi connectivity index (χ0n) is 14.8. The Hall–Kier alpha value is -3.40. The van der Waals surface area contributed by atoms with Crippen molar-refractivity contribution in [3.8, 4) is 0 Å². The van der Waals surface area contributed by atoms with Crippen LogP contribution in [0.25, 0.3) is 0 Å². The van der Waals surface area contributed by atoms with Crippen LogP contribution in [-0.4, -0.2) is 18.9 Å². The fourth-order valence-electron chi connectivity index (χ4n) is 2.68. The second kappa shape index (κ2) is 7.66. The van der Waals surface area contributed by atoms with Crippen LogP contribution in [0.4, 0.5) is 11.4 Å². The lowest BCUT2D eigenvalue weighted by Crippen LogP contribution is -2.26. The summed E-state index contributed by atoms with van der Waals surface area (Å²) < 4.78 is 0. The van der Waals surface area contributed by atoms with Crippen molar-refractivity contribution in [1.82, 2.24) is 0 Å². The van der Waals surface area contributed by atoms with E-state index in [1.165, 1.54) is 0 Å². The van der Waals surface area contributed by atoms with Gasteiger partial charge in [0, 0.05) is 29.5 Å². The molecule has 0 saturated heterocycles. The van der Waals surface area contributed by atoms with Crippen LogP contribution in [0.1, 0.15) is 26.3 Å². The number of hydrogen-bond acceptors (Lipinski definition) is 2. The number of benzene rings is 3. The van der Waals surface area contributed by atoms with E-state index in [1.54, 1.807) is 42.3 Å². The number of hydrogen-bond donors (Lipinski definition) is 1. The van der Waals surface area contributed by atoms with E-state index in [2.05, 4.69) is 5.32 Å². The summed E-state index contributed by atoms with van der Waals surface area (Å²) >= 11 is 0. The van der Waals surface area contributed by atoms with Crippen molar-refractivity contribution in [2.45, 2.75) is 6.92 Å². The van der Waals surface area contributed by atoms with Gasteiger partial charge in [-0.05, 0) is 49.4 Å². The summed E-state index contributed by atoms with van der Waals surface area (Å²) in [6.07, 6.45) is 0. The van der Waals surface area contributed by atoms with Crippen molar-refractivity contribution in [2.75, 3.05) is 17.3 Å². The van der Waals surface area contributed by atoms with Crippen LogP contribution in [0.5, 0.6) is 0 Å². The van der Waals surface area contributed by atoms with Crippen LogP contribution in [-0.2, 0) is 0 Å². The van der Waals surface area contributed by atoms with Crippen LogP contribution in [0, 0.1) is 6.92 Å². The van der Waals surface area contributed by atoms with E-state index < -0.39 is 0 Å².